The number of carbonyl (C=O) groups excluding carboxylic acids is 1. The fourth-order valence-corrected chi connectivity index (χ4v) is 1.96. The van der Waals surface area contributed by atoms with Gasteiger partial charge in [-0.2, -0.15) is 0 Å². The first-order valence-electron chi connectivity index (χ1n) is 6.48. The maximum Gasteiger partial charge on any atom is 0.260 e. The number of hydrogen-bond acceptors (Lipinski definition) is 4. The smallest absolute Gasteiger partial charge is 0.260 e. The number of nitrogens with zero attached hydrogens (tertiary/aromatic N) is 1. The summed E-state index contributed by atoms with van der Waals surface area (Å²) in [7, 11) is 0. The van der Waals surface area contributed by atoms with E-state index in [-0.39, 0.29) is 18.6 Å². The number of benzene rings is 1. The zero-order valence-electron chi connectivity index (χ0n) is 11.2. The molecule has 1 aliphatic heterocycles. The molecule has 1 heterocycles. The lowest BCUT2D eigenvalue weighted by Crippen LogP contribution is -2.49. The van der Waals surface area contributed by atoms with Gasteiger partial charge in [-0.15, -0.1) is 0 Å². The molecule has 1 fully saturated rings. The Morgan fingerprint density at radius 3 is 2.89 bits per heavy atom. The molecule has 104 valence electrons. The second kappa shape index (κ2) is 6.54. The van der Waals surface area contributed by atoms with Crippen LogP contribution in [0.2, 0.25) is 0 Å². The number of rotatable bonds is 4. The Morgan fingerprint density at radius 1 is 1.47 bits per heavy atom. The summed E-state index contributed by atoms with van der Waals surface area (Å²) >= 11 is 0. The van der Waals surface area contributed by atoms with Crippen molar-refractivity contribution in [3.63, 3.8) is 0 Å². The van der Waals surface area contributed by atoms with E-state index in [0.717, 1.165) is 5.56 Å². The summed E-state index contributed by atoms with van der Waals surface area (Å²) in [6.07, 6.45) is -0.0583. The van der Waals surface area contributed by atoms with E-state index in [1.165, 1.54) is 0 Å². The molecule has 1 aliphatic rings. The molecule has 1 atom stereocenters. The highest BCUT2D eigenvalue weighted by Crippen LogP contribution is 2.12. The summed E-state index contributed by atoms with van der Waals surface area (Å²) in [4.78, 5) is 13.7. The van der Waals surface area contributed by atoms with E-state index < -0.39 is 0 Å². The zero-order chi connectivity index (χ0) is 13.7. The predicted octanol–water partition coefficient (Wildman–Crippen LogP) is 0.560. The van der Waals surface area contributed by atoms with Gasteiger partial charge in [-0.25, -0.2) is 0 Å². The number of carbonyl (C=O) groups is 1. The molecule has 0 aliphatic carbocycles. The molecular weight excluding hydrogens is 244 g/mol. The van der Waals surface area contributed by atoms with Crippen molar-refractivity contribution in [2.75, 3.05) is 32.8 Å². The van der Waals surface area contributed by atoms with E-state index in [0.29, 0.717) is 32.0 Å². The van der Waals surface area contributed by atoms with Crippen LogP contribution >= 0.6 is 0 Å². The van der Waals surface area contributed by atoms with Crippen molar-refractivity contribution in [1.29, 1.82) is 0 Å². The Balaban J connectivity index is 1.82. The maximum absolute atomic E-state index is 12.0. The SMILES string of the molecule is Cc1ccc(OCC(=O)N2CCOC(CN)C2)cc1. The van der Waals surface area contributed by atoms with Crippen LogP contribution in [-0.4, -0.2) is 49.8 Å². The second-order valence-electron chi connectivity index (χ2n) is 4.67. The normalized spacial score (nSPS) is 19.3. The minimum Gasteiger partial charge on any atom is -0.484 e. The Hall–Kier alpha value is -1.59. The molecule has 1 unspecified atom stereocenters. The third-order valence-electron chi connectivity index (χ3n) is 3.14. The largest absolute Gasteiger partial charge is 0.484 e. The van der Waals surface area contributed by atoms with Gasteiger partial charge in [-0.1, -0.05) is 17.7 Å². The van der Waals surface area contributed by atoms with Crippen molar-refractivity contribution in [3.05, 3.63) is 29.8 Å². The predicted molar refractivity (Wildman–Crippen MR) is 72.0 cm³/mol. The van der Waals surface area contributed by atoms with E-state index >= 15 is 0 Å². The molecule has 1 aromatic carbocycles. The molecule has 0 spiro atoms. The molecule has 5 heteroatoms. The summed E-state index contributed by atoms with van der Waals surface area (Å²) in [6.45, 7) is 4.19. The molecule has 5 nitrogen and oxygen atoms in total. The van der Waals surface area contributed by atoms with Gasteiger partial charge in [0.25, 0.3) is 5.91 Å². The van der Waals surface area contributed by atoms with Gasteiger partial charge in [0.15, 0.2) is 6.61 Å². The second-order valence-corrected chi connectivity index (χ2v) is 4.67. The summed E-state index contributed by atoms with van der Waals surface area (Å²) in [5.74, 6) is 0.685. The lowest BCUT2D eigenvalue weighted by Gasteiger charge is -2.32. The lowest BCUT2D eigenvalue weighted by atomic mass is 10.2. The first kappa shape index (κ1) is 13.8. The number of aryl methyl sites for hydroxylation is 1. The van der Waals surface area contributed by atoms with E-state index in [1.54, 1.807) is 4.90 Å². The van der Waals surface area contributed by atoms with E-state index in [9.17, 15) is 4.79 Å². The van der Waals surface area contributed by atoms with Crippen LogP contribution in [0.25, 0.3) is 0 Å². The molecule has 19 heavy (non-hydrogen) atoms. The summed E-state index contributed by atoms with van der Waals surface area (Å²) in [6, 6.07) is 7.65. The minimum absolute atomic E-state index is 0.0256. The van der Waals surface area contributed by atoms with Gasteiger partial charge in [0.05, 0.1) is 12.7 Å². The minimum atomic E-state index is -0.0583. The van der Waals surface area contributed by atoms with E-state index in [4.69, 9.17) is 15.2 Å². The van der Waals surface area contributed by atoms with Crippen molar-refractivity contribution < 1.29 is 14.3 Å². The van der Waals surface area contributed by atoms with Crippen LogP contribution in [0.15, 0.2) is 24.3 Å². The number of amides is 1. The highest BCUT2D eigenvalue weighted by Gasteiger charge is 2.23. The molecule has 2 N–H and O–H groups in total. The van der Waals surface area contributed by atoms with E-state index in [1.807, 2.05) is 31.2 Å². The van der Waals surface area contributed by atoms with Crippen molar-refractivity contribution in [2.24, 2.45) is 5.73 Å². The third-order valence-corrected chi connectivity index (χ3v) is 3.14. The first-order valence-corrected chi connectivity index (χ1v) is 6.48. The number of hydrogen-bond donors (Lipinski definition) is 1. The summed E-state index contributed by atoms with van der Waals surface area (Å²) in [5.41, 5.74) is 6.72. The van der Waals surface area contributed by atoms with Crippen LogP contribution in [0.3, 0.4) is 0 Å². The van der Waals surface area contributed by atoms with Crippen molar-refractivity contribution in [1.82, 2.24) is 4.90 Å². The van der Waals surface area contributed by atoms with Gasteiger partial charge in [0.2, 0.25) is 0 Å². The molecule has 1 amide bonds. The molecule has 0 aromatic heterocycles. The Kier molecular flexibility index (Phi) is 4.76. The van der Waals surface area contributed by atoms with Gasteiger partial charge in [-0.05, 0) is 19.1 Å². The highest BCUT2D eigenvalue weighted by atomic mass is 16.5. The monoisotopic (exact) mass is 264 g/mol. The molecule has 1 aromatic rings. The van der Waals surface area contributed by atoms with Crippen molar-refractivity contribution in [3.8, 4) is 5.75 Å². The van der Waals surface area contributed by atoms with Gasteiger partial charge in [0.1, 0.15) is 5.75 Å². The zero-order valence-corrected chi connectivity index (χ0v) is 11.2. The molecule has 2 rings (SSSR count). The van der Waals surface area contributed by atoms with Crippen LogP contribution in [0, 0.1) is 6.92 Å². The number of ether oxygens (including phenoxy) is 2. The maximum atomic E-state index is 12.0. The Morgan fingerprint density at radius 2 is 2.21 bits per heavy atom. The van der Waals surface area contributed by atoms with Gasteiger partial charge in [0, 0.05) is 19.6 Å². The molecule has 0 radical (unpaired) electrons. The van der Waals surface area contributed by atoms with Gasteiger partial charge in [-0.3, -0.25) is 4.79 Å². The number of nitrogens with two attached hydrogens (primary N) is 1. The summed E-state index contributed by atoms with van der Waals surface area (Å²) < 4.78 is 10.9. The number of morpholine rings is 1. The fraction of sp³-hybridized carbons (Fsp3) is 0.500. The Labute approximate surface area is 113 Å². The first-order chi connectivity index (χ1) is 9.19. The van der Waals surface area contributed by atoms with E-state index in [2.05, 4.69) is 0 Å². The summed E-state index contributed by atoms with van der Waals surface area (Å²) in [5, 5.41) is 0. The van der Waals surface area contributed by atoms with Crippen LogP contribution in [0.1, 0.15) is 5.56 Å². The van der Waals surface area contributed by atoms with Gasteiger partial charge < -0.3 is 20.1 Å². The quantitative estimate of drug-likeness (QED) is 0.863. The molecular formula is C14H20N2O3. The fourth-order valence-electron chi connectivity index (χ4n) is 1.96. The lowest BCUT2D eigenvalue weighted by molar-refractivity contribution is -0.140. The molecule has 1 saturated heterocycles. The topological polar surface area (TPSA) is 64.8 Å². The Bertz CT molecular complexity index is 419. The van der Waals surface area contributed by atoms with Crippen LogP contribution in [0.4, 0.5) is 0 Å². The van der Waals surface area contributed by atoms with Crippen LogP contribution in [-0.2, 0) is 9.53 Å². The molecule has 0 bridgehead atoms. The van der Waals surface area contributed by atoms with Crippen LogP contribution in [0.5, 0.6) is 5.75 Å². The third kappa shape index (κ3) is 3.94. The standard InChI is InChI=1S/C14H20N2O3/c1-11-2-4-12(5-3-11)19-10-14(17)16-6-7-18-13(8-15)9-16/h2-5,13H,6-10,15H2,1H3. The average molecular weight is 264 g/mol. The van der Waals surface area contributed by atoms with Crippen molar-refractivity contribution >= 4 is 5.91 Å². The highest BCUT2D eigenvalue weighted by molar-refractivity contribution is 5.77. The average Bonchev–Trinajstić information content (AvgIpc) is 2.46. The molecule has 0 saturated carbocycles. The van der Waals surface area contributed by atoms with Crippen molar-refractivity contribution in [2.45, 2.75) is 13.0 Å². The van der Waals surface area contributed by atoms with Gasteiger partial charge >= 0.3 is 0 Å². The van der Waals surface area contributed by atoms with Crippen LogP contribution < -0.4 is 10.5 Å².